The third-order valence-corrected chi connectivity index (χ3v) is 4.35. The van der Waals surface area contributed by atoms with Crippen molar-refractivity contribution in [2.75, 3.05) is 20.3 Å². The Labute approximate surface area is 123 Å². The molecule has 0 saturated heterocycles. The molecular weight excluding hydrogens is 296 g/mol. The van der Waals surface area contributed by atoms with Gasteiger partial charge in [0.25, 0.3) is 0 Å². The van der Waals surface area contributed by atoms with Crippen molar-refractivity contribution in [1.82, 2.24) is 29.9 Å². The van der Waals surface area contributed by atoms with Crippen molar-refractivity contribution in [1.29, 1.82) is 0 Å². The highest BCUT2D eigenvalue weighted by molar-refractivity contribution is 7.99. The number of imidazole rings is 1. The Hall–Kier alpha value is -1.42. The van der Waals surface area contributed by atoms with Crippen LogP contribution < -0.4 is 5.32 Å². The van der Waals surface area contributed by atoms with Crippen LogP contribution >= 0.6 is 23.1 Å². The van der Waals surface area contributed by atoms with Gasteiger partial charge < -0.3 is 10.1 Å². The van der Waals surface area contributed by atoms with Crippen molar-refractivity contribution < 1.29 is 4.74 Å². The van der Waals surface area contributed by atoms with E-state index >= 15 is 0 Å². The maximum atomic E-state index is 5.04. The molecule has 0 spiro atoms. The second-order valence-electron chi connectivity index (χ2n) is 3.98. The van der Waals surface area contributed by atoms with Crippen molar-refractivity contribution in [2.45, 2.75) is 16.7 Å². The molecule has 0 atom stereocenters. The summed E-state index contributed by atoms with van der Waals surface area (Å²) in [7, 11) is 1.70. The van der Waals surface area contributed by atoms with Crippen molar-refractivity contribution >= 4 is 28.1 Å². The predicted octanol–water partition coefficient (Wildman–Crippen LogP) is 1.40. The first-order chi connectivity index (χ1) is 9.88. The first-order valence-electron chi connectivity index (χ1n) is 6.06. The largest absolute Gasteiger partial charge is 0.383 e. The number of nitrogens with one attached hydrogen (secondary N) is 2. The number of hydrogen-bond acceptors (Lipinski definition) is 7. The highest BCUT2D eigenvalue weighted by Gasteiger charge is 2.15. The molecule has 0 unspecified atom stereocenters. The van der Waals surface area contributed by atoms with Crippen molar-refractivity contribution in [3.63, 3.8) is 0 Å². The fourth-order valence-corrected chi connectivity index (χ4v) is 3.36. The Morgan fingerprint density at radius 2 is 2.50 bits per heavy atom. The number of aromatic amines is 1. The van der Waals surface area contributed by atoms with Crippen molar-refractivity contribution in [3.8, 4) is 0 Å². The molecule has 3 aromatic rings. The highest BCUT2D eigenvalue weighted by atomic mass is 32.2. The van der Waals surface area contributed by atoms with Crippen LogP contribution in [0.1, 0.15) is 5.69 Å². The molecule has 3 rings (SSSR count). The summed E-state index contributed by atoms with van der Waals surface area (Å²) < 4.78 is 7.14. The van der Waals surface area contributed by atoms with Crippen LogP contribution in [-0.4, -0.2) is 44.8 Å². The summed E-state index contributed by atoms with van der Waals surface area (Å²) in [5.41, 5.74) is 1.12. The van der Waals surface area contributed by atoms with Gasteiger partial charge in [-0.05, 0) is 11.8 Å². The van der Waals surface area contributed by atoms with Gasteiger partial charge >= 0.3 is 0 Å². The van der Waals surface area contributed by atoms with Crippen LogP contribution in [0.5, 0.6) is 0 Å². The number of thiazole rings is 1. The molecule has 0 aliphatic rings. The molecule has 0 aliphatic heterocycles. The minimum absolute atomic E-state index is 0.691. The van der Waals surface area contributed by atoms with Crippen LogP contribution in [-0.2, 0) is 11.3 Å². The van der Waals surface area contributed by atoms with Gasteiger partial charge in [-0.15, -0.1) is 11.3 Å². The third-order valence-electron chi connectivity index (χ3n) is 2.69. The molecule has 0 aliphatic carbocycles. The SMILES string of the molecule is COCCNCc1c(Sc2ncn[nH]2)nc2sccn12. The average Bonchev–Trinajstić information content (AvgIpc) is 3.14. The second kappa shape index (κ2) is 6.35. The van der Waals surface area contributed by atoms with Gasteiger partial charge in [0.15, 0.2) is 10.1 Å². The van der Waals surface area contributed by atoms with Gasteiger partial charge in [0, 0.05) is 31.8 Å². The highest BCUT2D eigenvalue weighted by Crippen LogP contribution is 2.29. The summed E-state index contributed by atoms with van der Waals surface area (Å²) >= 11 is 3.11. The Morgan fingerprint density at radius 1 is 1.55 bits per heavy atom. The van der Waals surface area contributed by atoms with Crippen LogP contribution in [0.25, 0.3) is 4.96 Å². The summed E-state index contributed by atoms with van der Waals surface area (Å²) in [5.74, 6) is 0. The molecule has 0 bridgehead atoms. The molecule has 20 heavy (non-hydrogen) atoms. The van der Waals surface area contributed by atoms with E-state index in [1.165, 1.54) is 18.1 Å². The molecule has 0 saturated carbocycles. The van der Waals surface area contributed by atoms with E-state index in [-0.39, 0.29) is 0 Å². The van der Waals surface area contributed by atoms with Crippen LogP contribution in [0, 0.1) is 0 Å². The molecule has 3 heterocycles. The summed E-state index contributed by atoms with van der Waals surface area (Å²) in [5, 5.41) is 13.8. The van der Waals surface area contributed by atoms with E-state index < -0.39 is 0 Å². The maximum Gasteiger partial charge on any atom is 0.194 e. The fourth-order valence-electron chi connectivity index (χ4n) is 1.77. The summed E-state index contributed by atoms with van der Waals surface area (Å²) in [6, 6.07) is 0. The van der Waals surface area contributed by atoms with Crippen molar-refractivity contribution in [2.24, 2.45) is 0 Å². The number of hydrogen-bond donors (Lipinski definition) is 2. The van der Waals surface area contributed by atoms with Crippen LogP contribution in [0.15, 0.2) is 28.1 Å². The minimum Gasteiger partial charge on any atom is -0.383 e. The summed E-state index contributed by atoms with van der Waals surface area (Å²) in [4.78, 5) is 9.74. The van der Waals surface area contributed by atoms with Crippen LogP contribution in [0.2, 0.25) is 0 Å². The Bertz CT molecular complexity index is 662. The number of methoxy groups -OCH3 is 1. The molecule has 0 radical (unpaired) electrons. The Morgan fingerprint density at radius 3 is 3.30 bits per heavy atom. The van der Waals surface area contributed by atoms with Gasteiger partial charge in [-0.25, -0.2) is 9.97 Å². The molecule has 0 aromatic carbocycles. The minimum atomic E-state index is 0.691. The van der Waals surface area contributed by atoms with E-state index in [0.29, 0.717) is 6.61 Å². The predicted molar refractivity (Wildman–Crippen MR) is 77.2 cm³/mol. The number of ether oxygens (including phenoxy) is 1. The molecule has 2 N–H and O–H groups in total. The molecule has 7 nitrogen and oxygen atoms in total. The first-order valence-corrected chi connectivity index (χ1v) is 7.75. The molecule has 9 heteroatoms. The van der Waals surface area contributed by atoms with E-state index in [1.54, 1.807) is 18.4 Å². The first kappa shape index (κ1) is 13.6. The summed E-state index contributed by atoms with van der Waals surface area (Å²) in [6.07, 6.45) is 3.53. The van der Waals surface area contributed by atoms with Crippen LogP contribution in [0.3, 0.4) is 0 Å². The molecule has 3 aromatic heterocycles. The molecular formula is C11H14N6OS2. The smallest absolute Gasteiger partial charge is 0.194 e. The van der Waals surface area contributed by atoms with E-state index in [4.69, 9.17) is 4.74 Å². The number of aromatic nitrogens is 5. The number of fused-ring (bicyclic) bond motifs is 1. The standard InChI is InChI=1S/C11H14N6OS2/c1-18-4-2-12-6-8-9(20-10-13-7-14-16-10)15-11-17(8)3-5-19-11/h3,5,7,12H,2,4,6H2,1H3,(H,13,14,16). The summed E-state index contributed by atoms with van der Waals surface area (Å²) in [6.45, 7) is 2.23. The lowest BCUT2D eigenvalue weighted by atomic mass is 10.4. The van der Waals surface area contributed by atoms with E-state index in [9.17, 15) is 0 Å². The lowest BCUT2D eigenvalue weighted by Gasteiger charge is -2.05. The number of rotatable bonds is 7. The number of nitrogens with zero attached hydrogens (tertiary/aromatic N) is 4. The fraction of sp³-hybridized carbons (Fsp3) is 0.364. The zero-order valence-corrected chi connectivity index (χ0v) is 12.5. The van der Waals surface area contributed by atoms with Gasteiger partial charge in [-0.2, -0.15) is 5.10 Å². The van der Waals surface area contributed by atoms with Gasteiger partial charge in [-0.3, -0.25) is 9.50 Å². The zero-order chi connectivity index (χ0) is 13.8. The quantitative estimate of drug-likeness (QED) is 0.642. The van der Waals surface area contributed by atoms with Gasteiger partial charge in [0.05, 0.1) is 12.3 Å². The Balaban J connectivity index is 1.80. The normalized spacial score (nSPS) is 11.4. The van der Waals surface area contributed by atoms with E-state index in [1.807, 2.05) is 11.6 Å². The van der Waals surface area contributed by atoms with E-state index in [0.717, 1.165) is 33.9 Å². The lowest BCUT2D eigenvalue weighted by molar-refractivity contribution is 0.199. The van der Waals surface area contributed by atoms with Crippen LogP contribution in [0.4, 0.5) is 0 Å². The topological polar surface area (TPSA) is 80.1 Å². The molecule has 106 valence electrons. The average molecular weight is 310 g/mol. The second-order valence-corrected chi connectivity index (χ2v) is 5.83. The van der Waals surface area contributed by atoms with E-state index in [2.05, 4.69) is 29.9 Å². The molecule has 0 fully saturated rings. The zero-order valence-electron chi connectivity index (χ0n) is 10.9. The van der Waals surface area contributed by atoms with Gasteiger partial charge in [0.1, 0.15) is 11.4 Å². The third kappa shape index (κ3) is 2.85. The maximum absolute atomic E-state index is 5.04. The lowest BCUT2D eigenvalue weighted by Crippen LogP contribution is -2.19. The monoisotopic (exact) mass is 310 g/mol. The van der Waals surface area contributed by atoms with Gasteiger partial charge in [-0.1, -0.05) is 0 Å². The van der Waals surface area contributed by atoms with Gasteiger partial charge in [0.2, 0.25) is 0 Å². The number of H-pyrrole nitrogens is 1. The van der Waals surface area contributed by atoms with Crippen molar-refractivity contribution in [3.05, 3.63) is 23.6 Å². The molecule has 0 amide bonds. The Kier molecular flexibility index (Phi) is 4.31.